The number of rotatable bonds is 7. The molecule has 1 fully saturated rings. The van der Waals surface area contributed by atoms with E-state index in [0.29, 0.717) is 6.04 Å². The van der Waals surface area contributed by atoms with E-state index in [9.17, 15) is 0 Å². The highest BCUT2D eigenvalue weighted by atomic mass is 32.2. The van der Waals surface area contributed by atoms with Crippen LogP contribution in [-0.2, 0) is 13.5 Å². The minimum atomic E-state index is 0.409. The van der Waals surface area contributed by atoms with E-state index in [-0.39, 0.29) is 0 Å². The third-order valence-corrected chi connectivity index (χ3v) is 5.40. The number of thioether (sulfide) groups is 1. The van der Waals surface area contributed by atoms with Gasteiger partial charge in [-0.3, -0.25) is 16.0 Å². The fourth-order valence-corrected chi connectivity index (χ4v) is 4.07. The quantitative estimate of drug-likeness (QED) is 0.595. The van der Waals surface area contributed by atoms with Gasteiger partial charge in [0.25, 0.3) is 0 Å². The van der Waals surface area contributed by atoms with Gasteiger partial charge >= 0.3 is 0 Å². The van der Waals surface area contributed by atoms with Crippen molar-refractivity contribution in [2.45, 2.75) is 56.2 Å². The van der Waals surface area contributed by atoms with Gasteiger partial charge < -0.3 is 0 Å². The van der Waals surface area contributed by atoms with Crippen molar-refractivity contribution in [1.29, 1.82) is 0 Å². The SMILES string of the molecule is Cn1cc(CCC(CSC2CCCCC2)NN)cn1. The molecule has 0 aromatic carbocycles. The van der Waals surface area contributed by atoms with Crippen LogP contribution in [0.1, 0.15) is 44.1 Å². The highest BCUT2D eigenvalue weighted by molar-refractivity contribution is 7.99. The Hall–Kier alpha value is -0.520. The van der Waals surface area contributed by atoms with Crippen LogP contribution in [0.25, 0.3) is 0 Å². The smallest absolute Gasteiger partial charge is 0.0521 e. The Morgan fingerprint density at radius 3 is 2.89 bits per heavy atom. The van der Waals surface area contributed by atoms with Crippen LogP contribution in [0.15, 0.2) is 12.4 Å². The lowest BCUT2D eigenvalue weighted by atomic mass is 10.0. The van der Waals surface area contributed by atoms with Crippen LogP contribution in [-0.4, -0.2) is 26.8 Å². The molecule has 1 aliphatic rings. The maximum Gasteiger partial charge on any atom is 0.0521 e. The number of nitrogens with one attached hydrogen (secondary N) is 1. The lowest BCUT2D eigenvalue weighted by Crippen LogP contribution is -2.37. The second-order valence-electron chi connectivity index (χ2n) is 5.52. The minimum Gasteiger partial charge on any atom is -0.276 e. The second-order valence-corrected chi connectivity index (χ2v) is 6.85. The standard InChI is InChI=1S/C14H26N4S/c1-18-10-12(9-16-18)7-8-13(17-15)11-19-14-5-3-2-4-6-14/h9-10,13-14,17H,2-8,11,15H2,1H3. The molecule has 2 rings (SSSR count). The van der Waals surface area contributed by atoms with Crippen molar-refractivity contribution in [3.63, 3.8) is 0 Å². The summed E-state index contributed by atoms with van der Waals surface area (Å²) in [7, 11) is 1.96. The second kappa shape index (κ2) is 7.92. The third-order valence-electron chi connectivity index (χ3n) is 3.86. The highest BCUT2D eigenvalue weighted by Gasteiger charge is 2.16. The Bertz CT molecular complexity index is 360. The molecule has 1 aliphatic carbocycles. The number of nitrogens with zero attached hydrogens (tertiary/aromatic N) is 2. The van der Waals surface area contributed by atoms with Gasteiger partial charge in [-0.15, -0.1) is 0 Å². The first kappa shape index (κ1) is 14.9. The molecular weight excluding hydrogens is 256 g/mol. The molecule has 0 bridgehead atoms. The van der Waals surface area contributed by atoms with Gasteiger partial charge in [-0.05, 0) is 31.2 Å². The Morgan fingerprint density at radius 2 is 2.26 bits per heavy atom. The Balaban J connectivity index is 1.67. The molecule has 1 saturated carbocycles. The molecule has 5 heteroatoms. The summed E-state index contributed by atoms with van der Waals surface area (Å²) in [6.45, 7) is 0. The Kier molecular flexibility index (Phi) is 6.20. The summed E-state index contributed by atoms with van der Waals surface area (Å²) in [5.41, 5.74) is 4.27. The monoisotopic (exact) mass is 282 g/mol. The van der Waals surface area contributed by atoms with Crippen molar-refractivity contribution in [1.82, 2.24) is 15.2 Å². The Morgan fingerprint density at radius 1 is 1.47 bits per heavy atom. The van der Waals surface area contributed by atoms with Crippen LogP contribution in [0, 0.1) is 0 Å². The molecule has 1 aromatic rings. The number of hydrogen-bond acceptors (Lipinski definition) is 4. The van der Waals surface area contributed by atoms with E-state index in [2.05, 4.69) is 28.5 Å². The molecule has 1 heterocycles. The molecule has 0 amide bonds. The highest BCUT2D eigenvalue weighted by Crippen LogP contribution is 2.28. The van der Waals surface area contributed by atoms with E-state index < -0.39 is 0 Å². The van der Waals surface area contributed by atoms with Crippen LogP contribution in [0.5, 0.6) is 0 Å². The molecule has 1 aromatic heterocycles. The van der Waals surface area contributed by atoms with Crippen LogP contribution < -0.4 is 11.3 Å². The summed E-state index contributed by atoms with van der Waals surface area (Å²) in [5.74, 6) is 6.80. The zero-order valence-corrected chi connectivity index (χ0v) is 12.7. The predicted molar refractivity (Wildman–Crippen MR) is 82.0 cm³/mol. The fourth-order valence-electron chi connectivity index (χ4n) is 2.64. The first-order chi connectivity index (χ1) is 9.28. The van der Waals surface area contributed by atoms with E-state index in [0.717, 1.165) is 23.8 Å². The van der Waals surface area contributed by atoms with Gasteiger partial charge in [0.05, 0.1) is 6.20 Å². The molecule has 3 N–H and O–H groups in total. The average molecular weight is 282 g/mol. The minimum absolute atomic E-state index is 0.409. The molecule has 19 heavy (non-hydrogen) atoms. The topological polar surface area (TPSA) is 55.9 Å². The zero-order chi connectivity index (χ0) is 13.5. The van der Waals surface area contributed by atoms with Crippen molar-refractivity contribution < 1.29 is 0 Å². The molecule has 1 atom stereocenters. The molecule has 4 nitrogen and oxygen atoms in total. The summed E-state index contributed by atoms with van der Waals surface area (Å²) in [6.07, 6.45) is 13.2. The van der Waals surface area contributed by atoms with E-state index >= 15 is 0 Å². The van der Waals surface area contributed by atoms with Gasteiger partial charge in [0.2, 0.25) is 0 Å². The van der Waals surface area contributed by atoms with Gasteiger partial charge in [-0.1, -0.05) is 19.3 Å². The van der Waals surface area contributed by atoms with Crippen LogP contribution >= 0.6 is 11.8 Å². The number of nitrogens with two attached hydrogens (primary N) is 1. The number of hydrazine groups is 1. The predicted octanol–water partition coefficient (Wildman–Crippen LogP) is 2.25. The molecule has 0 aliphatic heterocycles. The third kappa shape index (κ3) is 5.16. The van der Waals surface area contributed by atoms with Crippen LogP contribution in [0.2, 0.25) is 0 Å². The van der Waals surface area contributed by atoms with E-state index in [1.807, 2.05) is 17.9 Å². The Labute approximate surface area is 120 Å². The number of hydrogen-bond donors (Lipinski definition) is 2. The van der Waals surface area contributed by atoms with E-state index in [1.54, 1.807) is 0 Å². The van der Waals surface area contributed by atoms with Gasteiger partial charge in [0, 0.05) is 30.3 Å². The molecule has 108 valence electrons. The number of aryl methyl sites for hydroxylation is 2. The summed E-state index contributed by atoms with van der Waals surface area (Å²) < 4.78 is 1.86. The molecular formula is C14H26N4S. The molecule has 0 spiro atoms. The largest absolute Gasteiger partial charge is 0.276 e. The fraction of sp³-hybridized carbons (Fsp3) is 0.786. The van der Waals surface area contributed by atoms with Crippen LogP contribution in [0.4, 0.5) is 0 Å². The summed E-state index contributed by atoms with van der Waals surface area (Å²) in [4.78, 5) is 0. The van der Waals surface area contributed by atoms with E-state index in [4.69, 9.17) is 5.84 Å². The lowest BCUT2D eigenvalue weighted by Gasteiger charge is -2.23. The van der Waals surface area contributed by atoms with Crippen molar-refractivity contribution in [3.05, 3.63) is 18.0 Å². The summed E-state index contributed by atoms with van der Waals surface area (Å²) in [6, 6.07) is 0.409. The van der Waals surface area contributed by atoms with Gasteiger partial charge in [-0.25, -0.2) is 0 Å². The van der Waals surface area contributed by atoms with Gasteiger partial charge in [0.1, 0.15) is 0 Å². The molecule has 0 saturated heterocycles. The number of aromatic nitrogens is 2. The van der Waals surface area contributed by atoms with Gasteiger partial charge in [-0.2, -0.15) is 16.9 Å². The van der Waals surface area contributed by atoms with Gasteiger partial charge in [0.15, 0.2) is 0 Å². The zero-order valence-electron chi connectivity index (χ0n) is 11.8. The summed E-state index contributed by atoms with van der Waals surface area (Å²) in [5, 5.41) is 5.06. The first-order valence-corrected chi connectivity index (χ1v) is 8.38. The van der Waals surface area contributed by atoms with Crippen molar-refractivity contribution in [2.75, 3.05) is 5.75 Å². The maximum absolute atomic E-state index is 5.67. The molecule has 1 unspecified atom stereocenters. The van der Waals surface area contributed by atoms with Crippen molar-refractivity contribution in [2.24, 2.45) is 12.9 Å². The van der Waals surface area contributed by atoms with Crippen molar-refractivity contribution >= 4 is 11.8 Å². The molecule has 0 radical (unpaired) electrons. The van der Waals surface area contributed by atoms with E-state index in [1.165, 1.54) is 37.7 Å². The average Bonchev–Trinajstić information content (AvgIpc) is 2.86. The maximum atomic E-state index is 5.67. The summed E-state index contributed by atoms with van der Waals surface area (Å²) >= 11 is 2.11. The van der Waals surface area contributed by atoms with Crippen molar-refractivity contribution in [3.8, 4) is 0 Å². The normalized spacial score (nSPS) is 18.6. The van der Waals surface area contributed by atoms with Crippen LogP contribution in [0.3, 0.4) is 0 Å². The lowest BCUT2D eigenvalue weighted by molar-refractivity contribution is 0.509. The first-order valence-electron chi connectivity index (χ1n) is 7.33.